The zero-order valence-electron chi connectivity index (χ0n) is 9.38. The summed E-state index contributed by atoms with van der Waals surface area (Å²) in [7, 11) is 0. The van der Waals surface area contributed by atoms with Crippen LogP contribution in [0.1, 0.15) is 49.6 Å². The molecule has 1 aliphatic carbocycles. The van der Waals surface area contributed by atoms with Crippen molar-refractivity contribution in [3.05, 3.63) is 17.0 Å². The van der Waals surface area contributed by atoms with Crippen molar-refractivity contribution in [3.63, 3.8) is 0 Å². The zero-order chi connectivity index (χ0) is 11.1. The van der Waals surface area contributed by atoms with Gasteiger partial charge in [-0.2, -0.15) is 5.10 Å². The van der Waals surface area contributed by atoms with Crippen molar-refractivity contribution in [2.24, 2.45) is 5.73 Å². The van der Waals surface area contributed by atoms with Gasteiger partial charge in [-0.1, -0.05) is 13.8 Å². The largest absolute Gasteiger partial charge is 0.384 e. The lowest BCUT2D eigenvalue weighted by Crippen LogP contribution is -2.38. The van der Waals surface area contributed by atoms with Crippen molar-refractivity contribution in [2.45, 2.75) is 44.6 Å². The van der Waals surface area contributed by atoms with E-state index < -0.39 is 5.60 Å². The van der Waals surface area contributed by atoms with Gasteiger partial charge in [0.25, 0.3) is 0 Å². The molecule has 84 valence electrons. The highest BCUT2D eigenvalue weighted by Gasteiger charge is 2.37. The number of nitrogens with zero attached hydrogens (tertiary/aromatic N) is 1. The Balaban J connectivity index is 2.52. The molecule has 0 amide bonds. The Kier molecular flexibility index (Phi) is 2.56. The van der Waals surface area contributed by atoms with E-state index in [-0.39, 0.29) is 6.54 Å². The van der Waals surface area contributed by atoms with Crippen LogP contribution in [0.4, 0.5) is 0 Å². The first-order valence-electron chi connectivity index (χ1n) is 5.58. The Morgan fingerprint density at radius 1 is 1.60 bits per heavy atom. The van der Waals surface area contributed by atoms with Crippen molar-refractivity contribution < 1.29 is 5.11 Å². The molecule has 1 unspecified atom stereocenters. The van der Waals surface area contributed by atoms with E-state index in [1.54, 1.807) is 0 Å². The second-order valence-corrected chi connectivity index (χ2v) is 4.71. The van der Waals surface area contributed by atoms with Crippen molar-refractivity contribution in [3.8, 4) is 0 Å². The summed E-state index contributed by atoms with van der Waals surface area (Å²) in [6.45, 7) is 4.45. The number of hydrogen-bond acceptors (Lipinski definition) is 3. The first-order chi connectivity index (χ1) is 7.08. The van der Waals surface area contributed by atoms with E-state index in [2.05, 4.69) is 24.0 Å². The van der Waals surface area contributed by atoms with Gasteiger partial charge in [-0.3, -0.25) is 5.10 Å². The van der Waals surface area contributed by atoms with Crippen LogP contribution >= 0.6 is 0 Å². The molecule has 0 aromatic carbocycles. The molecule has 0 radical (unpaired) electrons. The molecule has 1 aromatic rings. The number of fused-ring (bicyclic) bond motifs is 1. The number of nitrogens with one attached hydrogen (secondary N) is 1. The molecule has 15 heavy (non-hydrogen) atoms. The maximum atomic E-state index is 10.5. The molecular formula is C11H19N3O. The van der Waals surface area contributed by atoms with Gasteiger partial charge >= 0.3 is 0 Å². The lowest BCUT2D eigenvalue weighted by Gasteiger charge is -2.32. The Morgan fingerprint density at radius 2 is 2.33 bits per heavy atom. The van der Waals surface area contributed by atoms with Crippen molar-refractivity contribution in [2.75, 3.05) is 6.54 Å². The fourth-order valence-electron chi connectivity index (χ4n) is 2.40. The van der Waals surface area contributed by atoms with Crippen LogP contribution in [0.15, 0.2) is 0 Å². The van der Waals surface area contributed by atoms with E-state index >= 15 is 0 Å². The third-order valence-corrected chi connectivity index (χ3v) is 3.24. The number of H-pyrrole nitrogens is 1. The summed E-state index contributed by atoms with van der Waals surface area (Å²) in [5.74, 6) is 0.321. The minimum Gasteiger partial charge on any atom is -0.384 e. The van der Waals surface area contributed by atoms with Gasteiger partial charge in [-0.05, 0) is 25.2 Å². The smallest absolute Gasteiger partial charge is 0.105 e. The van der Waals surface area contributed by atoms with Gasteiger partial charge in [0.05, 0.1) is 5.69 Å². The van der Waals surface area contributed by atoms with Crippen LogP contribution in [0.3, 0.4) is 0 Å². The zero-order valence-corrected chi connectivity index (χ0v) is 9.38. The molecule has 4 heteroatoms. The average Bonchev–Trinajstić information content (AvgIpc) is 2.63. The van der Waals surface area contributed by atoms with E-state index in [0.29, 0.717) is 5.92 Å². The van der Waals surface area contributed by atoms with Gasteiger partial charge < -0.3 is 10.8 Å². The van der Waals surface area contributed by atoms with Gasteiger partial charge in [-0.25, -0.2) is 0 Å². The van der Waals surface area contributed by atoms with E-state index in [4.69, 9.17) is 5.73 Å². The fourth-order valence-corrected chi connectivity index (χ4v) is 2.40. The molecule has 0 bridgehead atoms. The Hall–Kier alpha value is -0.870. The quantitative estimate of drug-likeness (QED) is 0.680. The number of aliphatic hydroxyl groups is 1. The Labute approximate surface area is 89.9 Å². The maximum absolute atomic E-state index is 10.5. The molecule has 1 heterocycles. The standard InChI is InChI=1S/C11H19N3O/c1-7(2)10-9-8(13-14-10)4-3-5-11(9,15)6-12/h7,15H,3-6,12H2,1-2H3,(H,13,14). The van der Waals surface area contributed by atoms with Crippen LogP contribution in [-0.4, -0.2) is 21.8 Å². The summed E-state index contributed by atoms with van der Waals surface area (Å²) >= 11 is 0. The molecule has 0 fully saturated rings. The van der Waals surface area contributed by atoms with E-state index in [0.717, 1.165) is 36.2 Å². The van der Waals surface area contributed by atoms with Crippen LogP contribution in [0.25, 0.3) is 0 Å². The number of nitrogens with two attached hydrogens (primary N) is 1. The molecule has 0 spiro atoms. The van der Waals surface area contributed by atoms with Crippen LogP contribution in [-0.2, 0) is 12.0 Å². The van der Waals surface area contributed by atoms with Gasteiger partial charge in [0.15, 0.2) is 0 Å². The average molecular weight is 209 g/mol. The molecule has 0 saturated carbocycles. The van der Waals surface area contributed by atoms with Crippen LogP contribution in [0, 0.1) is 0 Å². The van der Waals surface area contributed by atoms with Crippen LogP contribution in [0.5, 0.6) is 0 Å². The van der Waals surface area contributed by atoms with Gasteiger partial charge in [0, 0.05) is 17.8 Å². The van der Waals surface area contributed by atoms with E-state index in [1.807, 2.05) is 0 Å². The monoisotopic (exact) mass is 209 g/mol. The topological polar surface area (TPSA) is 74.9 Å². The summed E-state index contributed by atoms with van der Waals surface area (Å²) in [5, 5.41) is 17.8. The number of aromatic nitrogens is 2. The number of aryl methyl sites for hydroxylation is 1. The molecule has 1 aliphatic rings. The first kappa shape index (κ1) is 10.6. The lowest BCUT2D eigenvalue weighted by molar-refractivity contribution is 0.0268. The maximum Gasteiger partial charge on any atom is 0.105 e. The normalized spacial score (nSPS) is 25.7. The van der Waals surface area contributed by atoms with E-state index in [9.17, 15) is 5.11 Å². The van der Waals surface area contributed by atoms with Crippen LogP contribution in [0.2, 0.25) is 0 Å². The van der Waals surface area contributed by atoms with Crippen molar-refractivity contribution in [1.29, 1.82) is 0 Å². The molecule has 2 rings (SSSR count). The predicted molar refractivity (Wildman–Crippen MR) is 58.6 cm³/mol. The minimum atomic E-state index is -0.861. The SMILES string of the molecule is CC(C)c1n[nH]c2c1C(O)(CN)CCC2. The molecule has 1 atom stereocenters. The Morgan fingerprint density at radius 3 is 2.93 bits per heavy atom. The third-order valence-electron chi connectivity index (χ3n) is 3.24. The van der Waals surface area contributed by atoms with Crippen molar-refractivity contribution >= 4 is 0 Å². The minimum absolute atomic E-state index is 0.277. The molecule has 4 nitrogen and oxygen atoms in total. The first-order valence-corrected chi connectivity index (χ1v) is 5.58. The lowest BCUT2D eigenvalue weighted by atomic mass is 9.79. The summed E-state index contributed by atoms with van der Waals surface area (Å²) < 4.78 is 0. The number of rotatable bonds is 2. The molecular weight excluding hydrogens is 190 g/mol. The second-order valence-electron chi connectivity index (χ2n) is 4.71. The van der Waals surface area contributed by atoms with Crippen molar-refractivity contribution in [1.82, 2.24) is 10.2 Å². The van der Waals surface area contributed by atoms with E-state index in [1.165, 1.54) is 0 Å². The number of aromatic amines is 1. The number of hydrogen-bond donors (Lipinski definition) is 3. The highest BCUT2D eigenvalue weighted by Crippen LogP contribution is 2.37. The summed E-state index contributed by atoms with van der Waals surface area (Å²) in [5.41, 5.74) is 7.83. The van der Waals surface area contributed by atoms with Gasteiger partial charge in [0.1, 0.15) is 5.60 Å². The Bertz CT molecular complexity index is 359. The second kappa shape index (κ2) is 3.61. The van der Waals surface area contributed by atoms with Gasteiger partial charge in [0.2, 0.25) is 0 Å². The molecule has 4 N–H and O–H groups in total. The molecule has 0 aliphatic heterocycles. The summed E-state index contributed by atoms with van der Waals surface area (Å²) in [4.78, 5) is 0. The predicted octanol–water partition coefficient (Wildman–Crippen LogP) is 1.02. The fraction of sp³-hybridized carbons (Fsp3) is 0.727. The van der Waals surface area contributed by atoms with Gasteiger partial charge in [-0.15, -0.1) is 0 Å². The molecule has 1 aromatic heterocycles. The molecule has 0 saturated heterocycles. The summed E-state index contributed by atoms with van der Waals surface area (Å²) in [6.07, 6.45) is 2.69. The van der Waals surface area contributed by atoms with Crippen LogP contribution < -0.4 is 5.73 Å². The highest BCUT2D eigenvalue weighted by atomic mass is 16.3. The summed E-state index contributed by atoms with van der Waals surface area (Å²) in [6, 6.07) is 0. The third kappa shape index (κ3) is 1.58. The highest BCUT2D eigenvalue weighted by molar-refractivity contribution is 5.36.